The average Bonchev–Trinajstić information content (AvgIpc) is 1.00. The van der Waals surface area contributed by atoms with Crippen LogP contribution in [0.5, 0.6) is 0 Å². The van der Waals surface area contributed by atoms with Crippen LogP contribution in [0.15, 0.2) is 0 Å². The molecule has 0 aromatic heterocycles. The Hall–Kier alpha value is 0.805. The molecule has 2 heteroatoms. The van der Waals surface area contributed by atoms with Gasteiger partial charge in [-0.15, -0.1) is 0 Å². The number of hydrogen-bond donors (Lipinski definition) is 0. The third kappa shape index (κ3) is 58.3. The molecule has 0 aromatic rings. The van der Waals surface area contributed by atoms with Crippen LogP contribution in [0.25, 0.3) is 0 Å². The molecule has 0 spiro atoms. The monoisotopic (exact) mass is 396 g/mol. The van der Waals surface area contributed by atoms with Crippen molar-refractivity contribution in [2.45, 2.75) is 6.92 Å². The Morgan fingerprint density at radius 2 is 1.20 bits per heavy atom. The molecule has 0 fully saturated rings. The van der Waals surface area contributed by atoms with Crippen molar-refractivity contribution in [3.05, 3.63) is 14.4 Å². The molecule has 0 aliphatic heterocycles. The maximum atomic E-state index is 3.25. The van der Waals surface area contributed by atoms with E-state index >= 15 is 0 Å². The topological polar surface area (TPSA) is 0 Å². The predicted molar refractivity (Wildman–Crippen MR) is 17.4 cm³/mol. The van der Waals surface area contributed by atoms with Crippen LogP contribution in [0.3, 0.4) is 0 Å². The molecule has 0 N–H and O–H groups in total. The molecule has 0 radical (unpaired) electrons. The van der Waals surface area contributed by atoms with Crippen LogP contribution >= 0.6 is 0 Å². The Bertz CT molecular complexity index is 6.85. The summed E-state index contributed by atoms with van der Waals surface area (Å²) in [7, 11) is 0. The Morgan fingerprint density at radius 3 is 1.20 bits per heavy atom. The van der Waals surface area contributed by atoms with Gasteiger partial charge in [-0.3, -0.25) is 0 Å². The quantitative estimate of drug-likeness (QED) is 0.428. The zero-order valence-corrected chi connectivity index (χ0v) is 15.7. The molecule has 0 rings (SSSR count). The smallest absolute Gasteiger partial charge is 0.358 e. The molecular formula is C3H8RbRf-. The minimum Gasteiger partial charge on any atom is -0.358 e. The largest absolute Gasteiger partial charge is 1.00 e. The number of hydrogen-bond acceptors (Lipinski definition) is 0. The molecular weight excluding hydrogens is 389 g/mol. The molecule has 0 bridgehead atoms. The number of rotatable bonds is 0. The molecule has 0 aliphatic carbocycles. The van der Waals surface area contributed by atoms with Crippen LogP contribution in [0.4, 0.5) is 0 Å². The summed E-state index contributed by atoms with van der Waals surface area (Å²) in [4.78, 5) is 0. The van der Waals surface area contributed by atoms with E-state index in [9.17, 15) is 0 Å². The fraction of sp³-hybridized carbons (Fsp3) is 0.333. The van der Waals surface area contributed by atoms with Crippen LogP contribution in [0, 0.1) is 14.4 Å². The SMILES string of the molecule is [CH2-]C.[CH3-].[Rb+].[Rf]. The second-order valence-electron chi connectivity index (χ2n) is 0. The Kier molecular flexibility index (Phi) is 883. The summed E-state index contributed by atoms with van der Waals surface area (Å²) in [5.74, 6) is 0. The summed E-state index contributed by atoms with van der Waals surface area (Å²) in [6, 6.07) is 0. The fourth-order valence-electron chi connectivity index (χ4n) is 0. The van der Waals surface area contributed by atoms with Crippen molar-refractivity contribution in [3.63, 3.8) is 0 Å². The van der Waals surface area contributed by atoms with E-state index in [1.54, 1.807) is 6.92 Å². The Labute approximate surface area is 77.8 Å². The van der Waals surface area contributed by atoms with Crippen LogP contribution in [0.1, 0.15) is 6.92 Å². The normalized spacial score (nSPS) is 1.20. The van der Waals surface area contributed by atoms with Crippen molar-refractivity contribution in [2.24, 2.45) is 0 Å². The van der Waals surface area contributed by atoms with E-state index in [-0.39, 0.29) is 65.6 Å². The minimum atomic E-state index is 0. The first kappa shape index (κ1) is 41.1. The summed E-state index contributed by atoms with van der Waals surface area (Å²) >= 11 is 0. The molecule has 0 saturated carbocycles. The third-order valence-corrected chi connectivity index (χ3v) is 0. The molecule has 0 aliphatic rings. The van der Waals surface area contributed by atoms with Gasteiger partial charge in [-0.05, 0) is 0 Å². The van der Waals surface area contributed by atoms with Gasteiger partial charge >= 0.3 is 58.2 Å². The fourth-order valence-corrected chi connectivity index (χ4v) is 0. The van der Waals surface area contributed by atoms with Gasteiger partial charge in [-0.1, -0.05) is 0 Å². The maximum absolute atomic E-state index is 3.25. The molecule has 24 valence electrons. The second kappa shape index (κ2) is 107. The summed E-state index contributed by atoms with van der Waals surface area (Å²) in [5.41, 5.74) is 0. The predicted octanol–water partition coefficient (Wildman–Crippen LogP) is -1.71. The first-order chi connectivity index (χ1) is 1.00. The molecule has 0 unspecified atom stereocenters. The van der Waals surface area contributed by atoms with Crippen LogP contribution in [0.2, 0.25) is 0 Å². The maximum Gasteiger partial charge on any atom is 1.00 e. The molecule has 0 heterocycles. The van der Waals surface area contributed by atoms with Crippen molar-refractivity contribution in [3.8, 4) is 0 Å². The molecule has 0 aromatic carbocycles. The van der Waals surface area contributed by atoms with Crippen LogP contribution in [-0.2, 0) is 0 Å². The van der Waals surface area contributed by atoms with Crippen molar-refractivity contribution in [2.75, 3.05) is 0 Å². The van der Waals surface area contributed by atoms with E-state index < -0.39 is 0 Å². The van der Waals surface area contributed by atoms with Gasteiger partial charge in [0, 0.05) is 0 Å². The zero-order valence-electron chi connectivity index (χ0n) is 4.41. The zero-order chi connectivity index (χ0) is 2.00. The molecule has 5 heavy (non-hydrogen) atoms. The standard InChI is InChI=1S/C2H5.CH3.Rb.Rf/c1-2;;;/h1H2,2H3;1H3;;/q2*-1;+1;. The first-order valence-electron chi connectivity index (χ1n) is 0.707. The van der Waals surface area contributed by atoms with Gasteiger partial charge in [-0.25, -0.2) is 0 Å². The van der Waals surface area contributed by atoms with E-state index in [1.165, 1.54) is 0 Å². The molecule has 0 saturated heterocycles. The van der Waals surface area contributed by atoms with Gasteiger partial charge in [0.2, 0.25) is 0 Å². The van der Waals surface area contributed by atoms with Gasteiger partial charge in [0.25, 0.3) is 0 Å². The summed E-state index contributed by atoms with van der Waals surface area (Å²) in [6.45, 7) is 5.00. The third-order valence-electron chi connectivity index (χ3n) is 0. The van der Waals surface area contributed by atoms with Crippen molar-refractivity contribution in [1.29, 1.82) is 0 Å². The summed E-state index contributed by atoms with van der Waals surface area (Å²) < 4.78 is 0. The van der Waals surface area contributed by atoms with Gasteiger partial charge in [0.05, 0.1) is 0 Å². The molecule has 0 nitrogen and oxygen atoms in total. The molecule has 0 atom stereocenters. The van der Waals surface area contributed by atoms with Crippen molar-refractivity contribution in [1.82, 2.24) is 0 Å². The first-order valence-corrected chi connectivity index (χ1v) is 0.707. The van der Waals surface area contributed by atoms with Crippen LogP contribution < -0.4 is 58.2 Å². The Morgan fingerprint density at radius 1 is 1.20 bits per heavy atom. The summed E-state index contributed by atoms with van der Waals surface area (Å²) in [5, 5.41) is 0. The van der Waals surface area contributed by atoms with E-state index in [1.807, 2.05) is 0 Å². The summed E-state index contributed by atoms with van der Waals surface area (Å²) in [6.07, 6.45) is 0. The average molecular weight is 397 g/mol. The van der Waals surface area contributed by atoms with Crippen LogP contribution in [-0.4, -0.2) is 0 Å². The van der Waals surface area contributed by atoms with E-state index in [4.69, 9.17) is 0 Å². The Balaban J connectivity index is -0.00000000167. The van der Waals surface area contributed by atoms with Gasteiger partial charge < -0.3 is 14.4 Å². The van der Waals surface area contributed by atoms with Crippen molar-refractivity contribution >= 4 is 0 Å². The van der Waals surface area contributed by atoms with Gasteiger partial charge in [0.15, 0.2) is 0 Å². The van der Waals surface area contributed by atoms with Crippen molar-refractivity contribution < 1.29 is 58.2 Å². The van der Waals surface area contributed by atoms with E-state index in [0.717, 1.165) is 0 Å². The minimum absolute atomic E-state index is 0. The van der Waals surface area contributed by atoms with Gasteiger partial charge in [-0.2, -0.15) is 6.92 Å². The molecule has 0 amide bonds. The van der Waals surface area contributed by atoms with E-state index in [2.05, 4.69) is 6.92 Å². The van der Waals surface area contributed by atoms with Gasteiger partial charge in [0.1, 0.15) is 0 Å². The second-order valence-corrected chi connectivity index (χ2v) is 0. The van der Waals surface area contributed by atoms with E-state index in [0.29, 0.717) is 0 Å².